The minimum atomic E-state index is 0.530. The molecule has 0 spiro atoms. The van der Waals surface area contributed by atoms with E-state index in [2.05, 4.69) is 35.6 Å². The molecular weight excluding hydrogens is 244 g/mol. The number of nitrogens with zero attached hydrogens (tertiary/aromatic N) is 5. The summed E-state index contributed by atoms with van der Waals surface area (Å²) in [5.41, 5.74) is 1.41. The molecule has 0 aliphatic rings. The number of fused-ring (bicyclic) bond motifs is 1. The molecule has 3 aromatic rings. The van der Waals surface area contributed by atoms with Gasteiger partial charge in [-0.05, 0) is 0 Å². The number of imidazole rings is 2. The van der Waals surface area contributed by atoms with Crippen LogP contribution < -0.4 is 10.6 Å². The van der Waals surface area contributed by atoms with E-state index < -0.39 is 0 Å². The lowest BCUT2D eigenvalue weighted by Crippen LogP contribution is -2.08. The zero-order chi connectivity index (χ0) is 13.2. The number of aromatic amines is 1. The topological polar surface area (TPSA) is 96.3 Å². The Morgan fingerprint density at radius 2 is 2.21 bits per heavy atom. The van der Waals surface area contributed by atoms with Crippen LogP contribution in [0.4, 0.5) is 11.8 Å². The second kappa shape index (κ2) is 4.56. The molecule has 8 nitrogen and oxygen atoms in total. The first-order valence-electron chi connectivity index (χ1n) is 5.87. The number of aromatic nitrogens is 6. The second-order valence-corrected chi connectivity index (χ2v) is 4.05. The SMILES string of the molecule is CNc1nc(NCc2nccn2C)c2[nH]cnc2n1. The van der Waals surface area contributed by atoms with Gasteiger partial charge in [0.1, 0.15) is 11.3 Å². The highest BCUT2D eigenvalue weighted by molar-refractivity contribution is 5.83. The van der Waals surface area contributed by atoms with E-state index >= 15 is 0 Å². The number of hydrogen-bond donors (Lipinski definition) is 3. The van der Waals surface area contributed by atoms with Gasteiger partial charge in [0.2, 0.25) is 5.95 Å². The molecule has 0 saturated carbocycles. The summed E-state index contributed by atoms with van der Waals surface area (Å²) in [6.07, 6.45) is 5.27. The molecule has 0 unspecified atom stereocenters. The van der Waals surface area contributed by atoms with Crippen molar-refractivity contribution in [2.24, 2.45) is 7.05 Å². The van der Waals surface area contributed by atoms with Gasteiger partial charge in [-0.25, -0.2) is 9.97 Å². The first kappa shape index (κ1) is 11.5. The molecule has 0 aromatic carbocycles. The molecule has 0 atom stereocenters. The van der Waals surface area contributed by atoms with Crippen LogP contribution in [0.5, 0.6) is 0 Å². The smallest absolute Gasteiger partial charge is 0.226 e. The molecule has 3 aromatic heterocycles. The van der Waals surface area contributed by atoms with Crippen molar-refractivity contribution in [3.05, 3.63) is 24.5 Å². The quantitative estimate of drug-likeness (QED) is 0.638. The molecule has 0 amide bonds. The number of nitrogens with one attached hydrogen (secondary N) is 3. The Labute approximate surface area is 109 Å². The normalized spacial score (nSPS) is 10.8. The van der Waals surface area contributed by atoms with Crippen LogP contribution in [-0.4, -0.2) is 36.5 Å². The second-order valence-electron chi connectivity index (χ2n) is 4.05. The fourth-order valence-corrected chi connectivity index (χ4v) is 1.80. The molecule has 3 N–H and O–H groups in total. The Hall–Kier alpha value is -2.64. The van der Waals surface area contributed by atoms with Crippen molar-refractivity contribution in [2.75, 3.05) is 17.7 Å². The van der Waals surface area contributed by atoms with Gasteiger partial charge in [0, 0.05) is 26.5 Å². The fraction of sp³-hybridized carbons (Fsp3) is 0.273. The number of H-pyrrole nitrogens is 1. The van der Waals surface area contributed by atoms with Crippen LogP contribution in [0.15, 0.2) is 18.7 Å². The average molecular weight is 258 g/mol. The van der Waals surface area contributed by atoms with E-state index in [1.807, 2.05) is 17.8 Å². The molecule has 0 fully saturated rings. The Morgan fingerprint density at radius 1 is 1.32 bits per heavy atom. The summed E-state index contributed by atoms with van der Waals surface area (Å²) in [4.78, 5) is 20.1. The lowest BCUT2D eigenvalue weighted by Gasteiger charge is -2.08. The van der Waals surface area contributed by atoms with Crippen molar-refractivity contribution in [2.45, 2.75) is 6.54 Å². The van der Waals surface area contributed by atoms with E-state index in [4.69, 9.17) is 0 Å². The van der Waals surface area contributed by atoms with Crippen LogP contribution in [0.2, 0.25) is 0 Å². The predicted molar refractivity (Wildman–Crippen MR) is 71.8 cm³/mol. The first-order chi connectivity index (χ1) is 9.28. The van der Waals surface area contributed by atoms with Crippen molar-refractivity contribution in [1.29, 1.82) is 0 Å². The predicted octanol–water partition coefficient (Wildman–Crippen LogP) is 0.740. The molecule has 0 saturated heterocycles. The Kier molecular flexibility index (Phi) is 2.75. The number of rotatable bonds is 4. The lowest BCUT2D eigenvalue weighted by molar-refractivity contribution is 0.811. The van der Waals surface area contributed by atoms with Gasteiger partial charge in [0.25, 0.3) is 0 Å². The van der Waals surface area contributed by atoms with Gasteiger partial charge in [0.15, 0.2) is 11.5 Å². The van der Waals surface area contributed by atoms with Crippen LogP contribution in [0.1, 0.15) is 5.82 Å². The minimum absolute atomic E-state index is 0.530. The zero-order valence-corrected chi connectivity index (χ0v) is 10.7. The molecular formula is C11H14N8. The van der Waals surface area contributed by atoms with E-state index in [9.17, 15) is 0 Å². The van der Waals surface area contributed by atoms with Crippen molar-refractivity contribution in [1.82, 2.24) is 29.5 Å². The van der Waals surface area contributed by atoms with Crippen molar-refractivity contribution in [3.63, 3.8) is 0 Å². The lowest BCUT2D eigenvalue weighted by atomic mass is 10.4. The van der Waals surface area contributed by atoms with Crippen LogP contribution >= 0.6 is 0 Å². The molecule has 0 aliphatic heterocycles. The average Bonchev–Trinajstić information content (AvgIpc) is 3.04. The van der Waals surface area contributed by atoms with Crippen molar-refractivity contribution >= 4 is 22.9 Å². The highest BCUT2D eigenvalue weighted by atomic mass is 15.2. The maximum absolute atomic E-state index is 4.38. The monoisotopic (exact) mass is 258 g/mol. The minimum Gasteiger partial charge on any atom is -0.361 e. The first-order valence-corrected chi connectivity index (χ1v) is 5.87. The van der Waals surface area contributed by atoms with Gasteiger partial charge in [-0.15, -0.1) is 0 Å². The summed E-state index contributed by atoms with van der Waals surface area (Å²) in [6, 6.07) is 0. The van der Waals surface area contributed by atoms with Gasteiger partial charge in [-0.3, -0.25) is 0 Å². The van der Waals surface area contributed by atoms with E-state index in [0.717, 1.165) is 11.3 Å². The molecule has 0 bridgehead atoms. The molecule has 3 heterocycles. The van der Waals surface area contributed by atoms with Crippen LogP contribution in [0.25, 0.3) is 11.2 Å². The van der Waals surface area contributed by atoms with Crippen LogP contribution in [0.3, 0.4) is 0 Å². The standard InChI is InChI=1S/C11H14N8/c1-12-11-17-9(8-10(18-11)16-6-15-8)14-5-7-13-3-4-19(7)2/h3-4,6H,5H2,1-2H3,(H3,12,14,15,16,17,18). The molecule has 0 aliphatic carbocycles. The Bertz CT molecular complexity index is 698. The number of aryl methyl sites for hydroxylation is 1. The summed E-state index contributed by atoms with van der Waals surface area (Å²) in [5, 5.41) is 6.16. The third-order valence-corrected chi connectivity index (χ3v) is 2.84. The van der Waals surface area contributed by atoms with Crippen molar-refractivity contribution in [3.8, 4) is 0 Å². The molecule has 19 heavy (non-hydrogen) atoms. The van der Waals surface area contributed by atoms with E-state index in [1.165, 1.54) is 0 Å². The Balaban J connectivity index is 1.91. The maximum atomic E-state index is 4.38. The van der Waals surface area contributed by atoms with Crippen molar-refractivity contribution < 1.29 is 0 Å². The third kappa shape index (κ3) is 2.07. The molecule has 3 rings (SSSR count). The number of anilines is 2. The van der Waals surface area contributed by atoms with Gasteiger partial charge in [0.05, 0.1) is 12.9 Å². The number of hydrogen-bond acceptors (Lipinski definition) is 6. The van der Waals surface area contributed by atoms with E-state index in [1.54, 1.807) is 19.6 Å². The summed E-state index contributed by atoms with van der Waals surface area (Å²) in [5.74, 6) is 2.16. The molecule has 8 heteroatoms. The fourth-order valence-electron chi connectivity index (χ4n) is 1.80. The summed E-state index contributed by atoms with van der Waals surface area (Å²) < 4.78 is 1.96. The van der Waals surface area contributed by atoms with Gasteiger partial charge >= 0.3 is 0 Å². The molecule has 0 radical (unpaired) electrons. The van der Waals surface area contributed by atoms with Gasteiger partial charge in [-0.2, -0.15) is 9.97 Å². The van der Waals surface area contributed by atoms with E-state index in [-0.39, 0.29) is 0 Å². The summed E-state index contributed by atoms with van der Waals surface area (Å²) in [6.45, 7) is 0.581. The van der Waals surface area contributed by atoms with Crippen LogP contribution in [-0.2, 0) is 13.6 Å². The summed E-state index contributed by atoms with van der Waals surface area (Å²) in [7, 11) is 3.73. The summed E-state index contributed by atoms with van der Waals surface area (Å²) >= 11 is 0. The highest BCUT2D eigenvalue weighted by Crippen LogP contribution is 2.18. The van der Waals surface area contributed by atoms with Gasteiger partial charge in [-0.1, -0.05) is 0 Å². The Morgan fingerprint density at radius 3 is 2.95 bits per heavy atom. The maximum Gasteiger partial charge on any atom is 0.226 e. The third-order valence-electron chi connectivity index (χ3n) is 2.84. The zero-order valence-electron chi connectivity index (χ0n) is 10.7. The van der Waals surface area contributed by atoms with E-state index in [0.29, 0.717) is 24.0 Å². The highest BCUT2D eigenvalue weighted by Gasteiger charge is 2.09. The largest absolute Gasteiger partial charge is 0.361 e. The molecule has 98 valence electrons. The van der Waals surface area contributed by atoms with Gasteiger partial charge < -0.3 is 20.2 Å². The van der Waals surface area contributed by atoms with Crippen LogP contribution in [0, 0.1) is 0 Å².